The summed E-state index contributed by atoms with van der Waals surface area (Å²) in [7, 11) is 0. The van der Waals surface area contributed by atoms with Crippen molar-refractivity contribution in [2.75, 3.05) is 37.7 Å². The number of pyridine rings is 1. The number of aryl methyl sites for hydroxylation is 2. The van der Waals surface area contributed by atoms with Crippen molar-refractivity contribution >= 4 is 33.4 Å². The highest BCUT2D eigenvalue weighted by Gasteiger charge is 2.49. The van der Waals surface area contributed by atoms with Crippen molar-refractivity contribution in [3.8, 4) is 23.0 Å². The second-order valence-corrected chi connectivity index (χ2v) is 14.3. The van der Waals surface area contributed by atoms with Crippen LogP contribution in [0.25, 0.3) is 32.9 Å². The number of benzene rings is 2. The average molecular weight is 643 g/mol. The van der Waals surface area contributed by atoms with Crippen LogP contribution in [0.15, 0.2) is 30.5 Å². The van der Waals surface area contributed by atoms with Crippen molar-refractivity contribution in [2.24, 2.45) is 0 Å². The van der Waals surface area contributed by atoms with Crippen LogP contribution >= 0.6 is 0 Å². The smallest absolute Gasteiger partial charge is 0.319 e. The number of nitrogens with zero attached hydrogens (tertiary/aromatic N) is 5. The molecule has 0 radical (unpaired) electrons. The van der Waals surface area contributed by atoms with Gasteiger partial charge in [-0.15, -0.1) is 0 Å². The molecule has 0 aliphatic carbocycles. The molecule has 246 valence electrons. The van der Waals surface area contributed by atoms with E-state index in [1.54, 1.807) is 24.4 Å². The molecule has 3 saturated heterocycles. The predicted molar refractivity (Wildman–Crippen MR) is 176 cm³/mol. The summed E-state index contributed by atoms with van der Waals surface area (Å²) in [5, 5.41) is 16.1. The number of nitrogens with one attached hydrogen (secondary N) is 1. The summed E-state index contributed by atoms with van der Waals surface area (Å²) in [6.45, 7) is 6.86. The average Bonchev–Trinajstić information content (AvgIpc) is 3.56. The molecular formula is C36H40F2N6O3. The van der Waals surface area contributed by atoms with Crippen molar-refractivity contribution in [3.05, 3.63) is 47.4 Å². The molecule has 9 rings (SSSR count). The second kappa shape index (κ2) is 11.2. The molecule has 5 aliphatic heterocycles. The molecule has 2 aromatic carbocycles. The van der Waals surface area contributed by atoms with Gasteiger partial charge >= 0.3 is 6.01 Å². The van der Waals surface area contributed by atoms with Crippen LogP contribution in [0.2, 0.25) is 0 Å². The van der Waals surface area contributed by atoms with Gasteiger partial charge in [0.1, 0.15) is 30.2 Å². The minimum Gasteiger partial charge on any atom is -0.508 e. The van der Waals surface area contributed by atoms with Gasteiger partial charge in [-0.05, 0) is 93.5 Å². The van der Waals surface area contributed by atoms with Gasteiger partial charge in [0.25, 0.3) is 0 Å². The highest BCUT2D eigenvalue weighted by Crippen LogP contribution is 2.42. The third-order valence-corrected chi connectivity index (χ3v) is 10.8. The van der Waals surface area contributed by atoms with Gasteiger partial charge in [0.05, 0.1) is 27.7 Å². The Labute approximate surface area is 272 Å². The monoisotopic (exact) mass is 642 g/mol. The van der Waals surface area contributed by atoms with Crippen LogP contribution in [-0.4, -0.2) is 80.9 Å². The van der Waals surface area contributed by atoms with E-state index >= 15 is 4.39 Å². The van der Waals surface area contributed by atoms with Gasteiger partial charge in [-0.3, -0.25) is 14.7 Å². The third-order valence-electron chi connectivity index (χ3n) is 10.8. The van der Waals surface area contributed by atoms with Gasteiger partial charge in [-0.2, -0.15) is 9.97 Å². The number of rotatable bonds is 3. The largest absolute Gasteiger partial charge is 0.508 e. The van der Waals surface area contributed by atoms with Gasteiger partial charge in [0, 0.05) is 49.8 Å². The van der Waals surface area contributed by atoms with E-state index in [1.165, 1.54) is 6.07 Å². The lowest BCUT2D eigenvalue weighted by Gasteiger charge is -2.42. The number of carbonyl (C=O) groups is 1. The first-order chi connectivity index (χ1) is 22.6. The van der Waals surface area contributed by atoms with Gasteiger partial charge in [0.2, 0.25) is 5.91 Å². The van der Waals surface area contributed by atoms with E-state index in [-0.39, 0.29) is 35.4 Å². The molecule has 3 atom stereocenters. The zero-order chi connectivity index (χ0) is 32.5. The lowest BCUT2D eigenvalue weighted by molar-refractivity contribution is -0.123. The number of carbonyl (C=O) groups excluding carboxylic acids is 1. The fourth-order valence-corrected chi connectivity index (χ4v) is 8.68. The predicted octanol–water partition coefficient (Wildman–Crippen LogP) is 5.76. The van der Waals surface area contributed by atoms with Gasteiger partial charge in [-0.25, -0.2) is 8.78 Å². The maximum atomic E-state index is 15.6. The summed E-state index contributed by atoms with van der Waals surface area (Å²) in [6.07, 6.45) is 5.94. The Morgan fingerprint density at radius 2 is 1.98 bits per heavy atom. The highest BCUT2D eigenvalue weighted by molar-refractivity contribution is 6.03. The number of amides is 1. The standard InChI is InChI=1S/C36H40F2N6O3/c1-21-31-26-15-24(45)14-22-8-9-28(38)25(30(22)26)6-3-7-29(46)42-35(2)10-4-12-43(19-35)33-27(17-39-31)32(21)40-34(41-33)47-20-36-11-5-13-44(36)18-23(37)16-36/h8-9,14-15,17,23,45H,3-7,10-13,16,18-20H2,1-2H3,(H,42,46)/t23-,35-,36+/m1/s1. The highest BCUT2D eigenvalue weighted by atomic mass is 19.1. The molecule has 0 spiro atoms. The number of phenolic OH excluding ortho intramolecular Hbond substituents is 1. The Morgan fingerprint density at radius 3 is 2.85 bits per heavy atom. The van der Waals surface area contributed by atoms with E-state index in [1.807, 2.05) is 6.92 Å². The van der Waals surface area contributed by atoms with Crippen LogP contribution in [0.3, 0.4) is 0 Å². The lowest BCUT2D eigenvalue weighted by Crippen LogP contribution is -2.57. The number of halogens is 2. The van der Waals surface area contributed by atoms with E-state index in [9.17, 15) is 14.3 Å². The van der Waals surface area contributed by atoms with Crippen molar-refractivity contribution in [1.82, 2.24) is 25.2 Å². The van der Waals surface area contributed by atoms with Crippen molar-refractivity contribution < 1.29 is 23.4 Å². The zero-order valence-electron chi connectivity index (χ0n) is 26.9. The van der Waals surface area contributed by atoms with Crippen LogP contribution in [0, 0.1) is 12.7 Å². The maximum Gasteiger partial charge on any atom is 0.319 e. The van der Waals surface area contributed by atoms with Gasteiger partial charge in [-0.1, -0.05) is 6.07 Å². The molecule has 6 bridgehead atoms. The van der Waals surface area contributed by atoms with Crippen molar-refractivity contribution in [3.63, 3.8) is 0 Å². The Bertz CT molecular complexity index is 1920. The van der Waals surface area contributed by atoms with Crippen LogP contribution in [-0.2, 0) is 11.2 Å². The Balaban J connectivity index is 1.32. The number of hydrogen-bond donors (Lipinski definition) is 2. The summed E-state index contributed by atoms with van der Waals surface area (Å²) in [6, 6.07) is 6.54. The first kappa shape index (κ1) is 30.2. The molecule has 4 aromatic rings. The number of hydrogen-bond acceptors (Lipinski definition) is 8. The number of fused-ring (bicyclic) bond motifs is 6. The van der Waals surface area contributed by atoms with Gasteiger partial charge in [0.15, 0.2) is 0 Å². The topological polar surface area (TPSA) is 104 Å². The number of anilines is 1. The van der Waals surface area contributed by atoms with E-state index in [0.29, 0.717) is 77.9 Å². The normalized spacial score (nSPS) is 26.3. The van der Waals surface area contributed by atoms with Crippen LogP contribution in [0.1, 0.15) is 63.0 Å². The number of aromatic nitrogens is 3. The zero-order valence-corrected chi connectivity index (χ0v) is 26.9. The number of aromatic hydroxyl groups is 1. The second-order valence-electron chi connectivity index (χ2n) is 14.3. The minimum atomic E-state index is -0.872. The molecule has 3 fully saturated rings. The SMILES string of the molecule is Cc1c2ncc3c(nc(OC[C@@]45CCCN4C[C@H](F)C5)nc13)N1CCC[C@](C)(C1)NC(=O)CCCc1c(F)ccc3cc(O)cc-2c13. The molecule has 2 N–H and O–H groups in total. The lowest BCUT2D eigenvalue weighted by atomic mass is 9.89. The van der Waals surface area contributed by atoms with Crippen LogP contribution in [0.4, 0.5) is 14.6 Å². The number of alkyl halides is 1. The molecule has 9 nitrogen and oxygen atoms in total. The summed E-state index contributed by atoms with van der Waals surface area (Å²) < 4.78 is 36.5. The van der Waals surface area contributed by atoms with E-state index in [0.717, 1.165) is 49.7 Å². The summed E-state index contributed by atoms with van der Waals surface area (Å²) in [5.74, 6) is 0.286. The molecule has 2 aromatic heterocycles. The minimum absolute atomic E-state index is 0.0447. The first-order valence-corrected chi connectivity index (χ1v) is 16.8. The molecule has 5 aliphatic rings. The number of phenols is 1. The molecule has 11 heteroatoms. The summed E-state index contributed by atoms with van der Waals surface area (Å²) in [4.78, 5) is 32.5. The Kier molecular flexibility index (Phi) is 7.23. The number of piperidine rings is 1. The van der Waals surface area contributed by atoms with Crippen LogP contribution < -0.4 is 15.0 Å². The van der Waals surface area contributed by atoms with E-state index < -0.39 is 11.7 Å². The van der Waals surface area contributed by atoms with E-state index in [2.05, 4.69) is 22.0 Å². The molecule has 1 amide bonds. The molecule has 0 unspecified atom stereocenters. The summed E-state index contributed by atoms with van der Waals surface area (Å²) in [5.41, 5.74) is 2.20. The van der Waals surface area contributed by atoms with Gasteiger partial charge < -0.3 is 20.1 Å². The molecular weight excluding hydrogens is 602 g/mol. The quantitative estimate of drug-likeness (QED) is 0.291. The fraction of sp³-hybridized carbons (Fsp3) is 0.500. The van der Waals surface area contributed by atoms with Crippen molar-refractivity contribution in [1.29, 1.82) is 0 Å². The molecule has 7 heterocycles. The van der Waals surface area contributed by atoms with Crippen LogP contribution in [0.5, 0.6) is 11.8 Å². The molecule has 0 saturated carbocycles. The summed E-state index contributed by atoms with van der Waals surface area (Å²) >= 11 is 0. The fourth-order valence-electron chi connectivity index (χ4n) is 8.68. The van der Waals surface area contributed by atoms with Crippen molar-refractivity contribution in [2.45, 2.75) is 82.5 Å². The molecule has 47 heavy (non-hydrogen) atoms. The van der Waals surface area contributed by atoms with E-state index in [4.69, 9.17) is 19.7 Å². The Morgan fingerprint density at radius 1 is 1.13 bits per heavy atom. The Hall–Kier alpha value is -4.12. The first-order valence-electron chi connectivity index (χ1n) is 16.8. The maximum absolute atomic E-state index is 15.6. The number of ether oxygens (including phenoxy) is 1. The third kappa shape index (κ3) is 5.23.